The Morgan fingerprint density at radius 1 is 1.29 bits per heavy atom. The molecule has 0 unspecified atom stereocenters. The highest BCUT2D eigenvalue weighted by Gasteiger charge is 2.36. The molecular formula is C20H28FN3O4. The second-order valence-electron chi connectivity index (χ2n) is 8.15. The Morgan fingerprint density at radius 2 is 1.96 bits per heavy atom. The van der Waals surface area contributed by atoms with Crippen LogP contribution in [0.2, 0.25) is 0 Å². The van der Waals surface area contributed by atoms with E-state index in [0.717, 1.165) is 0 Å². The van der Waals surface area contributed by atoms with Crippen molar-refractivity contribution in [3.8, 4) is 0 Å². The number of rotatable bonds is 4. The molecule has 0 aromatic heterocycles. The van der Waals surface area contributed by atoms with Crippen molar-refractivity contribution in [3.63, 3.8) is 0 Å². The third-order valence-corrected chi connectivity index (χ3v) is 5.04. The number of halogens is 1. The Morgan fingerprint density at radius 3 is 2.54 bits per heavy atom. The summed E-state index contributed by atoms with van der Waals surface area (Å²) in [5.41, 5.74) is 0.580. The second kappa shape index (κ2) is 7.95. The molecule has 7 nitrogen and oxygen atoms in total. The molecule has 2 fully saturated rings. The van der Waals surface area contributed by atoms with Crippen molar-refractivity contribution in [1.82, 2.24) is 4.90 Å². The van der Waals surface area contributed by atoms with E-state index in [1.165, 1.54) is 17.9 Å². The van der Waals surface area contributed by atoms with E-state index in [-0.39, 0.29) is 23.8 Å². The van der Waals surface area contributed by atoms with E-state index >= 15 is 0 Å². The average Bonchev–Trinajstić information content (AvgIpc) is 2.99. The highest BCUT2D eigenvalue weighted by atomic mass is 19.1. The molecule has 154 valence electrons. The molecule has 3 rings (SSSR count). The summed E-state index contributed by atoms with van der Waals surface area (Å²) >= 11 is 0. The standard InChI is InChI=1S/C20H28FN3O4/c1-14(25)24(20(2,3)4)13-16-12-23(19(26)28-16)15-5-6-18(17(21)11-15)22-7-9-27-10-8-22/h5-6,11,16H,7-10,12-13H2,1-4H3/t16-/m1/s1. The van der Waals surface area contributed by atoms with Crippen LogP contribution >= 0.6 is 0 Å². The van der Waals surface area contributed by atoms with Crippen LogP contribution < -0.4 is 9.80 Å². The zero-order chi connectivity index (χ0) is 20.5. The van der Waals surface area contributed by atoms with Gasteiger partial charge in [-0.15, -0.1) is 0 Å². The predicted molar refractivity (Wildman–Crippen MR) is 104 cm³/mol. The normalized spacial score (nSPS) is 20.3. The van der Waals surface area contributed by atoms with Gasteiger partial charge in [-0.1, -0.05) is 0 Å². The first kappa shape index (κ1) is 20.4. The van der Waals surface area contributed by atoms with E-state index in [9.17, 15) is 14.0 Å². The van der Waals surface area contributed by atoms with Crippen LogP contribution in [0.3, 0.4) is 0 Å². The monoisotopic (exact) mass is 393 g/mol. The lowest BCUT2D eigenvalue weighted by Gasteiger charge is -2.36. The highest BCUT2D eigenvalue weighted by Crippen LogP contribution is 2.29. The van der Waals surface area contributed by atoms with Gasteiger partial charge >= 0.3 is 6.09 Å². The van der Waals surface area contributed by atoms with E-state index < -0.39 is 12.2 Å². The van der Waals surface area contributed by atoms with Crippen molar-refractivity contribution in [3.05, 3.63) is 24.0 Å². The van der Waals surface area contributed by atoms with Crippen molar-refractivity contribution in [1.29, 1.82) is 0 Å². The van der Waals surface area contributed by atoms with Crippen LogP contribution in [0.1, 0.15) is 27.7 Å². The van der Waals surface area contributed by atoms with Gasteiger partial charge in [0.1, 0.15) is 11.9 Å². The number of benzene rings is 1. The fraction of sp³-hybridized carbons (Fsp3) is 0.600. The van der Waals surface area contributed by atoms with Gasteiger partial charge in [0.15, 0.2) is 0 Å². The Hall–Kier alpha value is -2.35. The average molecular weight is 393 g/mol. The number of nitrogens with zero attached hydrogens (tertiary/aromatic N) is 3. The van der Waals surface area contributed by atoms with Crippen LogP contribution in [0.25, 0.3) is 0 Å². The molecule has 2 saturated heterocycles. The van der Waals surface area contributed by atoms with Gasteiger partial charge in [0.25, 0.3) is 0 Å². The Bertz CT molecular complexity index is 743. The first-order valence-electron chi connectivity index (χ1n) is 9.55. The molecule has 1 aromatic rings. The maximum absolute atomic E-state index is 14.7. The molecule has 0 spiro atoms. The smallest absolute Gasteiger partial charge is 0.414 e. The lowest BCUT2D eigenvalue weighted by atomic mass is 10.1. The summed E-state index contributed by atoms with van der Waals surface area (Å²) in [7, 11) is 0. The lowest BCUT2D eigenvalue weighted by molar-refractivity contribution is -0.135. The highest BCUT2D eigenvalue weighted by molar-refractivity contribution is 5.90. The zero-order valence-corrected chi connectivity index (χ0v) is 16.9. The van der Waals surface area contributed by atoms with Gasteiger partial charge in [-0.2, -0.15) is 0 Å². The van der Waals surface area contributed by atoms with Gasteiger partial charge in [-0.25, -0.2) is 9.18 Å². The van der Waals surface area contributed by atoms with Gasteiger partial charge in [0.05, 0.1) is 37.7 Å². The Balaban J connectivity index is 1.71. The van der Waals surface area contributed by atoms with Crippen LogP contribution in [0.4, 0.5) is 20.6 Å². The largest absolute Gasteiger partial charge is 0.442 e. The SMILES string of the molecule is CC(=O)N(C[C@H]1CN(c2ccc(N3CCOCC3)c(F)c2)C(=O)O1)C(C)(C)C. The molecule has 8 heteroatoms. The van der Waals surface area contributed by atoms with E-state index in [0.29, 0.717) is 44.2 Å². The number of hydrogen-bond donors (Lipinski definition) is 0. The first-order valence-corrected chi connectivity index (χ1v) is 9.55. The minimum atomic E-state index is -0.527. The number of carbonyl (C=O) groups excluding carboxylic acids is 2. The number of carbonyl (C=O) groups is 2. The summed E-state index contributed by atoms with van der Waals surface area (Å²) in [6, 6.07) is 4.78. The van der Waals surface area contributed by atoms with Crippen molar-refractivity contribution in [2.24, 2.45) is 0 Å². The van der Waals surface area contributed by atoms with Gasteiger partial charge in [-0.3, -0.25) is 9.69 Å². The minimum absolute atomic E-state index is 0.0806. The second-order valence-corrected chi connectivity index (χ2v) is 8.15. The van der Waals surface area contributed by atoms with Crippen molar-refractivity contribution >= 4 is 23.4 Å². The maximum atomic E-state index is 14.7. The number of anilines is 2. The Kier molecular flexibility index (Phi) is 5.79. The molecule has 2 heterocycles. The molecule has 2 aliphatic rings. The van der Waals surface area contributed by atoms with Crippen LogP contribution in [0, 0.1) is 5.82 Å². The molecule has 0 bridgehead atoms. The number of morpholine rings is 1. The van der Waals surface area contributed by atoms with Crippen LogP contribution in [0.5, 0.6) is 0 Å². The van der Waals surface area contributed by atoms with Crippen LogP contribution in [-0.4, -0.2) is 67.9 Å². The van der Waals surface area contributed by atoms with E-state index in [1.807, 2.05) is 25.7 Å². The summed E-state index contributed by atoms with van der Waals surface area (Å²) in [5.74, 6) is -0.460. The lowest BCUT2D eigenvalue weighted by Crippen LogP contribution is -2.48. The van der Waals surface area contributed by atoms with E-state index in [4.69, 9.17) is 9.47 Å². The van der Waals surface area contributed by atoms with Gasteiger partial charge in [0, 0.05) is 25.6 Å². The summed E-state index contributed by atoms with van der Waals surface area (Å²) < 4.78 is 25.4. The number of ether oxygens (including phenoxy) is 2. The molecule has 1 atom stereocenters. The summed E-state index contributed by atoms with van der Waals surface area (Å²) in [5, 5.41) is 0. The fourth-order valence-electron chi connectivity index (χ4n) is 3.63. The molecule has 1 aromatic carbocycles. The molecule has 0 N–H and O–H groups in total. The van der Waals surface area contributed by atoms with Crippen LogP contribution in [0.15, 0.2) is 18.2 Å². The van der Waals surface area contributed by atoms with Gasteiger partial charge < -0.3 is 19.3 Å². The van der Waals surface area contributed by atoms with Crippen molar-refractivity contribution in [2.45, 2.75) is 39.3 Å². The molecule has 0 saturated carbocycles. The van der Waals surface area contributed by atoms with Crippen LogP contribution in [-0.2, 0) is 14.3 Å². The van der Waals surface area contributed by atoms with Gasteiger partial charge in [0.2, 0.25) is 5.91 Å². The molecule has 2 aliphatic heterocycles. The molecular weight excluding hydrogens is 365 g/mol. The molecule has 0 aliphatic carbocycles. The van der Waals surface area contributed by atoms with Crippen molar-refractivity contribution < 1.29 is 23.5 Å². The topological polar surface area (TPSA) is 62.3 Å². The molecule has 2 amide bonds. The van der Waals surface area contributed by atoms with Crippen molar-refractivity contribution in [2.75, 3.05) is 49.2 Å². The number of hydrogen-bond acceptors (Lipinski definition) is 5. The number of amides is 2. The van der Waals surface area contributed by atoms with E-state index in [1.54, 1.807) is 17.0 Å². The first-order chi connectivity index (χ1) is 13.2. The van der Waals surface area contributed by atoms with Gasteiger partial charge in [-0.05, 0) is 39.0 Å². The summed E-state index contributed by atoms with van der Waals surface area (Å²) in [6.45, 7) is 10.3. The Labute approximate surface area is 165 Å². The predicted octanol–water partition coefficient (Wildman–Crippen LogP) is 2.63. The minimum Gasteiger partial charge on any atom is -0.442 e. The zero-order valence-electron chi connectivity index (χ0n) is 16.9. The molecule has 0 radical (unpaired) electrons. The maximum Gasteiger partial charge on any atom is 0.414 e. The third-order valence-electron chi connectivity index (χ3n) is 5.04. The third kappa shape index (κ3) is 4.38. The molecule has 28 heavy (non-hydrogen) atoms. The fourth-order valence-corrected chi connectivity index (χ4v) is 3.63. The number of cyclic esters (lactones) is 1. The summed E-state index contributed by atoms with van der Waals surface area (Å²) in [6.07, 6.45) is -0.987. The quantitative estimate of drug-likeness (QED) is 0.787. The van der Waals surface area contributed by atoms with E-state index in [2.05, 4.69) is 0 Å². The summed E-state index contributed by atoms with van der Waals surface area (Å²) in [4.78, 5) is 29.3.